The van der Waals surface area contributed by atoms with Crippen molar-refractivity contribution in [3.8, 4) is 0 Å². The number of pyridine rings is 1. The number of amides is 2. The summed E-state index contributed by atoms with van der Waals surface area (Å²) >= 11 is 0. The van der Waals surface area contributed by atoms with Crippen LogP contribution >= 0.6 is 0 Å². The van der Waals surface area contributed by atoms with E-state index in [0.29, 0.717) is 19.6 Å². The smallest absolute Gasteiger partial charge is 0.237 e. The number of fused-ring (bicyclic) bond motifs is 1. The van der Waals surface area contributed by atoms with Gasteiger partial charge in [0.15, 0.2) is 0 Å². The average molecular weight is 388 g/mol. The van der Waals surface area contributed by atoms with E-state index >= 15 is 0 Å². The van der Waals surface area contributed by atoms with E-state index in [1.165, 1.54) is 10.8 Å². The third kappa shape index (κ3) is 4.78. The maximum atomic E-state index is 12.5. The van der Waals surface area contributed by atoms with E-state index in [9.17, 15) is 9.59 Å². The van der Waals surface area contributed by atoms with Gasteiger partial charge in [0, 0.05) is 25.8 Å². The van der Waals surface area contributed by atoms with Gasteiger partial charge in [-0.3, -0.25) is 19.5 Å². The maximum Gasteiger partial charge on any atom is 0.237 e. The Kier molecular flexibility index (Phi) is 5.81. The Morgan fingerprint density at radius 3 is 2.76 bits per heavy atom. The number of piperazine rings is 1. The molecule has 1 aromatic heterocycles. The summed E-state index contributed by atoms with van der Waals surface area (Å²) in [6.45, 7) is 2.31. The highest BCUT2D eigenvalue weighted by Crippen LogP contribution is 2.19. The first-order valence-electron chi connectivity index (χ1n) is 9.85. The van der Waals surface area contributed by atoms with Crippen LogP contribution in [-0.4, -0.2) is 40.8 Å². The quantitative estimate of drug-likeness (QED) is 0.679. The average Bonchev–Trinajstić information content (AvgIpc) is 2.75. The van der Waals surface area contributed by atoms with Gasteiger partial charge in [-0.05, 0) is 34.5 Å². The predicted molar refractivity (Wildman–Crippen MR) is 112 cm³/mol. The summed E-state index contributed by atoms with van der Waals surface area (Å²) < 4.78 is 0. The molecule has 1 aliphatic heterocycles. The summed E-state index contributed by atoms with van der Waals surface area (Å²) in [5.41, 5.74) is 1.93. The van der Waals surface area contributed by atoms with E-state index in [4.69, 9.17) is 0 Å². The summed E-state index contributed by atoms with van der Waals surface area (Å²) in [6, 6.07) is 19.7. The van der Waals surface area contributed by atoms with Crippen LogP contribution in [0.1, 0.15) is 17.7 Å². The van der Waals surface area contributed by atoms with Crippen LogP contribution in [0.4, 0.5) is 0 Å². The van der Waals surface area contributed by atoms with Gasteiger partial charge in [0.1, 0.15) is 0 Å². The van der Waals surface area contributed by atoms with Gasteiger partial charge in [0.25, 0.3) is 0 Å². The number of nitrogens with zero attached hydrogens (tertiary/aromatic N) is 2. The Morgan fingerprint density at radius 2 is 1.93 bits per heavy atom. The highest BCUT2D eigenvalue weighted by Gasteiger charge is 2.31. The lowest BCUT2D eigenvalue weighted by Gasteiger charge is -2.34. The number of hydrogen-bond acceptors (Lipinski definition) is 4. The summed E-state index contributed by atoms with van der Waals surface area (Å²) in [4.78, 5) is 31.2. The topological polar surface area (TPSA) is 74.3 Å². The Balaban J connectivity index is 1.42. The molecule has 0 spiro atoms. The molecule has 2 heterocycles. The molecule has 0 bridgehead atoms. The number of carbonyl (C=O) groups excluding carboxylic acids is 2. The second kappa shape index (κ2) is 8.84. The molecule has 148 valence electrons. The third-order valence-corrected chi connectivity index (χ3v) is 5.21. The van der Waals surface area contributed by atoms with Crippen molar-refractivity contribution in [3.05, 3.63) is 78.1 Å². The lowest BCUT2D eigenvalue weighted by molar-refractivity contribution is -0.134. The number of carbonyl (C=O) groups is 2. The van der Waals surface area contributed by atoms with Crippen molar-refractivity contribution in [3.63, 3.8) is 0 Å². The summed E-state index contributed by atoms with van der Waals surface area (Å²) in [7, 11) is 0. The minimum Gasteiger partial charge on any atom is -0.353 e. The van der Waals surface area contributed by atoms with E-state index in [1.54, 1.807) is 6.20 Å². The van der Waals surface area contributed by atoms with Gasteiger partial charge in [-0.25, -0.2) is 0 Å². The summed E-state index contributed by atoms with van der Waals surface area (Å²) in [5.74, 6) is -0.244. The van der Waals surface area contributed by atoms with Crippen LogP contribution in [0, 0.1) is 0 Å². The standard InChI is InChI=1S/C23H24N4O2/c28-22(26-15-20-7-3-4-10-24-20)14-21-23(29)25-11-12-27(21)16-17-8-9-18-5-1-2-6-19(18)13-17/h1-10,13,21H,11-12,14-16H2,(H,25,29)(H,26,28)/t21-/m1/s1. The molecule has 0 aliphatic carbocycles. The minimum atomic E-state index is -0.473. The number of benzene rings is 2. The monoisotopic (exact) mass is 388 g/mol. The Morgan fingerprint density at radius 1 is 1.10 bits per heavy atom. The van der Waals surface area contributed by atoms with Crippen molar-refractivity contribution in [1.29, 1.82) is 0 Å². The van der Waals surface area contributed by atoms with Gasteiger partial charge in [0.05, 0.1) is 24.7 Å². The van der Waals surface area contributed by atoms with Crippen molar-refractivity contribution in [2.75, 3.05) is 13.1 Å². The molecule has 4 rings (SSSR count). The number of nitrogens with one attached hydrogen (secondary N) is 2. The predicted octanol–water partition coefficient (Wildman–Crippen LogP) is 2.24. The van der Waals surface area contributed by atoms with Crippen LogP contribution in [0.5, 0.6) is 0 Å². The Bertz CT molecular complexity index is 1010. The van der Waals surface area contributed by atoms with Crippen LogP contribution in [0.2, 0.25) is 0 Å². The molecule has 1 saturated heterocycles. The second-order valence-electron chi connectivity index (χ2n) is 7.26. The zero-order valence-electron chi connectivity index (χ0n) is 16.2. The van der Waals surface area contributed by atoms with Gasteiger partial charge in [-0.1, -0.05) is 42.5 Å². The molecule has 29 heavy (non-hydrogen) atoms. The zero-order valence-corrected chi connectivity index (χ0v) is 16.2. The van der Waals surface area contributed by atoms with Crippen molar-refractivity contribution in [1.82, 2.24) is 20.5 Å². The lowest BCUT2D eigenvalue weighted by Crippen LogP contribution is -2.56. The van der Waals surface area contributed by atoms with Crippen molar-refractivity contribution < 1.29 is 9.59 Å². The van der Waals surface area contributed by atoms with Crippen LogP contribution in [0.25, 0.3) is 10.8 Å². The molecule has 6 nitrogen and oxygen atoms in total. The fourth-order valence-corrected chi connectivity index (χ4v) is 3.68. The van der Waals surface area contributed by atoms with Crippen LogP contribution in [0.15, 0.2) is 66.9 Å². The molecule has 3 aromatic rings. The van der Waals surface area contributed by atoms with Crippen molar-refractivity contribution in [2.24, 2.45) is 0 Å². The van der Waals surface area contributed by atoms with Gasteiger partial charge in [-0.2, -0.15) is 0 Å². The molecule has 2 N–H and O–H groups in total. The van der Waals surface area contributed by atoms with E-state index < -0.39 is 6.04 Å². The van der Waals surface area contributed by atoms with Gasteiger partial charge < -0.3 is 10.6 Å². The first-order chi connectivity index (χ1) is 14.2. The highest BCUT2D eigenvalue weighted by molar-refractivity contribution is 5.89. The van der Waals surface area contributed by atoms with Crippen molar-refractivity contribution in [2.45, 2.75) is 25.6 Å². The Labute approximate surface area is 169 Å². The highest BCUT2D eigenvalue weighted by atomic mass is 16.2. The molecular weight excluding hydrogens is 364 g/mol. The van der Waals surface area contributed by atoms with Crippen LogP contribution in [0.3, 0.4) is 0 Å². The summed E-state index contributed by atoms with van der Waals surface area (Å²) in [6.07, 6.45) is 1.83. The molecule has 2 amide bonds. The normalized spacial score (nSPS) is 17.1. The van der Waals surface area contributed by atoms with Gasteiger partial charge in [0.2, 0.25) is 11.8 Å². The molecule has 0 saturated carbocycles. The molecule has 1 fully saturated rings. The lowest BCUT2D eigenvalue weighted by atomic mass is 10.0. The van der Waals surface area contributed by atoms with Crippen LogP contribution < -0.4 is 10.6 Å². The van der Waals surface area contributed by atoms with E-state index in [-0.39, 0.29) is 18.2 Å². The molecule has 0 radical (unpaired) electrons. The van der Waals surface area contributed by atoms with E-state index in [2.05, 4.69) is 50.8 Å². The van der Waals surface area contributed by atoms with E-state index in [0.717, 1.165) is 17.8 Å². The fourth-order valence-electron chi connectivity index (χ4n) is 3.68. The minimum absolute atomic E-state index is 0.0926. The number of hydrogen-bond donors (Lipinski definition) is 2. The number of rotatable bonds is 6. The molecule has 6 heteroatoms. The fraction of sp³-hybridized carbons (Fsp3) is 0.261. The van der Waals surface area contributed by atoms with Crippen molar-refractivity contribution >= 4 is 22.6 Å². The summed E-state index contributed by atoms with van der Waals surface area (Å²) in [5, 5.41) is 8.12. The molecule has 1 aliphatic rings. The molecule has 0 unspecified atom stereocenters. The van der Waals surface area contributed by atoms with Crippen LogP contribution in [-0.2, 0) is 22.7 Å². The third-order valence-electron chi connectivity index (χ3n) is 5.21. The Hall–Kier alpha value is -3.25. The first kappa shape index (κ1) is 19.1. The molecule has 1 atom stereocenters. The maximum absolute atomic E-state index is 12.5. The van der Waals surface area contributed by atoms with E-state index in [1.807, 2.05) is 30.3 Å². The second-order valence-corrected chi connectivity index (χ2v) is 7.26. The largest absolute Gasteiger partial charge is 0.353 e. The first-order valence-corrected chi connectivity index (χ1v) is 9.85. The number of aromatic nitrogens is 1. The molecular formula is C23H24N4O2. The van der Waals surface area contributed by atoms with Gasteiger partial charge >= 0.3 is 0 Å². The SMILES string of the molecule is O=C(C[C@@H]1C(=O)NCCN1Cc1ccc2ccccc2c1)NCc1ccccn1. The molecule has 2 aromatic carbocycles. The zero-order chi connectivity index (χ0) is 20.1. The van der Waals surface area contributed by atoms with Gasteiger partial charge in [-0.15, -0.1) is 0 Å².